The van der Waals surface area contributed by atoms with Gasteiger partial charge in [-0.15, -0.1) is 6.58 Å². The van der Waals surface area contributed by atoms with Crippen LogP contribution < -0.4 is 0 Å². The lowest BCUT2D eigenvalue weighted by molar-refractivity contribution is -0.000230. The molecule has 0 aromatic carbocycles. The Morgan fingerprint density at radius 1 is 1.28 bits per heavy atom. The molecule has 3 heteroatoms. The average Bonchev–Trinajstić information content (AvgIpc) is 2.39. The molecule has 2 aliphatic heterocycles. The quantitative estimate of drug-likeness (QED) is 0.532. The van der Waals surface area contributed by atoms with Gasteiger partial charge in [-0.3, -0.25) is 9.80 Å². The van der Waals surface area contributed by atoms with Gasteiger partial charge in [0.05, 0.1) is 13.2 Å². The fourth-order valence-electron chi connectivity index (χ4n) is 3.17. The molecule has 2 aliphatic rings. The van der Waals surface area contributed by atoms with Gasteiger partial charge in [0.25, 0.3) is 0 Å². The number of piperazine rings is 1. The predicted octanol–water partition coefficient (Wildman–Crippen LogP) is 2.14. The van der Waals surface area contributed by atoms with Gasteiger partial charge in [0, 0.05) is 31.7 Å². The van der Waals surface area contributed by atoms with Crippen molar-refractivity contribution in [1.82, 2.24) is 9.80 Å². The molecule has 0 bridgehead atoms. The molecular weight excluding hydrogens is 224 g/mol. The first-order valence-corrected chi connectivity index (χ1v) is 7.48. The number of hydrogen-bond acceptors (Lipinski definition) is 3. The Morgan fingerprint density at radius 2 is 2.17 bits per heavy atom. The highest BCUT2D eigenvalue weighted by Crippen LogP contribution is 2.23. The summed E-state index contributed by atoms with van der Waals surface area (Å²) in [6, 6.07) is 1.49. The number of nitrogens with zero attached hydrogens (tertiary/aromatic N) is 2. The Labute approximate surface area is 112 Å². The SMILES string of the molecule is C=CCCOCCN1CC2CCCCN2CC1C. The monoisotopic (exact) mass is 252 g/mol. The van der Waals surface area contributed by atoms with Crippen LogP contribution in [-0.4, -0.2) is 61.3 Å². The van der Waals surface area contributed by atoms with Gasteiger partial charge < -0.3 is 4.74 Å². The van der Waals surface area contributed by atoms with E-state index in [1.165, 1.54) is 38.9 Å². The van der Waals surface area contributed by atoms with Crippen molar-refractivity contribution in [3.05, 3.63) is 12.7 Å². The average molecular weight is 252 g/mol. The zero-order valence-electron chi connectivity index (χ0n) is 11.8. The molecule has 0 spiro atoms. The van der Waals surface area contributed by atoms with Gasteiger partial charge in [0.15, 0.2) is 0 Å². The molecule has 2 heterocycles. The maximum absolute atomic E-state index is 5.63. The summed E-state index contributed by atoms with van der Waals surface area (Å²) in [6.07, 6.45) is 7.09. The number of ether oxygens (including phenoxy) is 1. The smallest absolute Gasteiger partial charge is 0.0593 e. The lowest BCUT2D eigenvalue weighted by atomic mass is 9.97. The molecule has 0 aromatic heterocycles. The van der Waals surface area contributed by atoms with Crippen LogP contribution in [0.25, 0.3) is 0 Å². The lowest BCUT2D eigenvalue weighted by Gasteiger charge is -2.47. The van der Waals surface area contributed by atoms with E-state index < -0.39 is 0 Å². The number of piperidine rings is 1. The molecule has 2 saturated heterocycles. The van der Waals surface area contributed by atoms with E-state index >= 15 is 0 Å². The molecule has 3 nitrogen and oxygen atoms in total. The summed E-state index contributed by atoms with van der Waals surface area (Å²) in [7, 11) is 0. The van der Waals surface area contributed by atoms with Crippen molar-refractivity contribution in [2.24, 2.45) is 0 Å². The number of hydrogen-bond donors (Lipinski definition) is 0. The Bertz CT molecular complexity index is 257. The lowest BCUT2D eigenvalue weighted by Crippen LogP contribution is -2.59. The Kier molecular flexibility index (Phi) is 5.67. The molecule has 0 radical (unpaired) electrons. The summed E-state index contributed by atoms with van der Waals surface area (Å²) < 4.78 is 5.63. The molecule has 2 atom stereocenters. The Morgan fingerprint density at radius 3 is 3.00 bits per heavy atom. The minimum absolute atomic E-state index is 0.683. The molecule has 18 heavy (non-hydrogen) atoms. The first kappa shape index (κ1) is 14.0. The molecule has 2 unspecified atom stereocenters. The van der Waals surface area contributed by atoms with E-state index in [1.807, 2.05) is 6.08 Å². The van der Waals surface area contributed by atoms with E-state index in [0.29, 0.717) is 6.04 Å². The minimum Gasteiger partial charge on any atom is -0.380 e. The predicted molar refractivity (Wildman–Crippen MR) is 75.9 cm³/mol. The van der Waals surface area contributed by atoms with Gasteiger partial charge in [0.2, 0.25) is 0 Å². The Balaban J connectivity index is 1.70. The van der Waals surface area contributed by atoms with E-state index in [1.54, 1.807) is 0 Å². The molecule has 0 amide bonds. The maximum atomic E-state index is 5.63. The first-order valence-electron chi connectivity index (χ1n) is 7.48. The zero-order valence-corrected chi connectivity index (χ0v) is 11.8. The van der Waals surface area contributed by atoms with Crippen molar-refractivity contribution in [3.63, 3.8) is 0 Å². The molecule has 0 saturated carbocycles. The summed E-state index contributed by atoms with van der Waals surface area (Å²) in [4.78, 5) is 5.31. The third-order valence-corrected chi connectivity index (χ3v) is 4.31. The van der Waals surface area contributed by atoms with Crippen LogP contribution in [0.4, 0.5) is 0 Å². The van der Waals surface area contributed by atoms with Gasteiger partial charge in [-0.2, -0.15) is 0 Å². The highest BCUT2D eigenvalue weighted by Gasteiger charge is 2.32. The highest BCUT2D eigenvalue weighted by atomic mass is 16.5. The van der Waals surface area contributed by atoms with Gasteiger partial charge in [-0.25, -0.2) is 0 Å². The second-order valence-electron chi connectivity index (χ2n) is 5.68. The first-order chi connectivity index (χ1) is 8.81. The number of fused-ring (bicyclic) bond motifs is 1. The van der Waals surface area contributed by atoms with Crippen molar-refractivity contribution in [2.75, 3.05) is 39.4 Å². The van der Waals surface area contributed by atoms with Crippen LogP contribution in [0.15, 0.2) is 12.7 Å². The maximum Gasteiger partial charge on any atom is 0.0593 e. The molecule has 0 aliphatic carbocycles. The highest BCUT2D eigenvalue weighted by molar-refractivity contribution is 4.88. The van der Waals surface area contributed by atoms with Crippen LogP contribution in [0, 0.1) is 0 Å². The van der Waals surface area contributed by atoms with Crippen LogP contribution in [0.5, 0.6) is 0 Å². The van der Waals surface area contributed by atoms with Gasteiger partial charge in [-0.1, -0.05) is 12.5 Å². The normalized spacial score (nSPS) is 30.1. The number of rotatable bonds is 6. The fourth-order valence-corrected chi connectivity index (χ4v) is 3.17. The van der Waals surface area contributed by atoms with E-state index in [9.17, 15) is 0 Å². The zero-order chi connectivity index (χ0) is 12.8. The van der Waals surface area contributed by atoms with E-state index in [4.69, 9.17) is 4.74 Å². The third kappa shape index (κ3) is 3.81. The molecule has 2 rings (SSSR count). The molecule has 0 aromatic rings. The van der Waals surface area contributed by atoms with Crippen LogP contribution >= 0.6 is 0 Å². The third-order valence-electron chi connectivity index (χ3n) is 4.31. The fraction of sp³-hybridized carbons (Fsp3) is 0.867. The molecule has 104 valence electrons. The summed E-state index contributed by atoms with van der Waals surface area (Å²) >= 11 is 0. The van der Waals surface area contributed by atoms with Gasteiger partial charge >= 0.3 is 0 Å². The standard InChI is InChI=1S/C15H28N2O/c1-3-4-10-18-11-9-16-13-15-7-5-6-8-17(15)12-14(16)2/h3,14-15H,1,4-13H2,2H3. The molecular formula is C15H28N2O. The van der Waals surface area contributed by atoms with Crippen molar-refractivity contribution >= 4 is 0 Å². The molecule has 0 N–H and O–H groups in total. The summed E-state index contributed by atoms with van der Waals surface area (Å²) in [6.45, 7) is 12.6. The van der Waals surface area contributed by atoms with Crippen LogP contribution in [0.1, 0.15) is 32.6 Å². The van der Waals surface area contributed by atoms with Crippen molar-refractivity contribution in [3.8, 4) is 0 Å². The van der Waals surface area contributed by atoms with Crippen LogP contribution in [0.2, 0.25) is 0 Å². The van der Waals surface area contributed by atoms with E-state index in [2.05, 4.69) is 23.3 Å². The van der Waals surface area contributed by atoms with Crippen molar-refractivity contribution in [2.45, 2.75) is 44.7 Å². The van der Waals surface area contributed by atoms with Gasteiger partial charge in [0.1, 0.15) is 0 Å². The second kappa shape index (κ2) is 7.27. The van der Waals surface area contributed by atoms with Crippen molar-refractivity contribution < 1.29 is 4.74 Å². The summed E-state index contributed by atoms with van der Waals surface area (Å²) in [5.74, 6) is 0. The molecule has 2 fully saturated rings. The van der Waals surface area contributed by atoms with Gasteiger partial charge in [-0.05, 0) is 32.7 Å². The van der Waals surface area contributed by atoms with E-state index in [-0.39, 0.29) is 0 Å². The largest absolute Gasteiger partial charge is 0.380 e. The summed E-state index contributed by atoms with van der Waals surface area (Å²) in [5.41, 5.74) is 0. The summed E-state index contributed by atoms with van der Waals surface area (Å²) in [5, 5.41) is 0. The minimum atomic E-state index is 0.683. The van der Waals surface area contributed by atoms with Crippen molar-refractivity contribution in [1.29, 1.82) is 0 Å². The second-order valence-corrected chi connectivity index (χ2v) is 5.68. The topological polar surface area (TPSA) is 15.7 Å². The van der Waals surface area contributed by atoms with Crippen LogP contribution in [-0.2, 0) is 4.74 Å². The van der Waals surface area contributed by atoms with Crippen LogP contribution in [0.3, 0.4) is 0 Å². The van der Waals surface area contributed by atoms with E-state index in [0.717, 1.165) is 32.2 Å². The Hall–Kier alpha value is -0.380.